The molecule has 0 aliphatic carbocycles. The van der Waals surface area contributed by atoms with Gasteiger partial charge in [0.25, 0.3) is 0 Å². The number of hydrogen-bond donors (Lipinski definition) is 2. The van der Waals surface area contributed by atoms with Gasteiger partial charge in [-0.15, -0.1) is 0 Å². The molecule has 5 nitrogen and oxygen atoms in total. The summed E-state index contributed by atoms with van der Waals surface area (Å²) >= 11 is 6.11. The molecule has 0 unspecified atom stereocenters. The van der Waals surface area contributed by atoms with E-state index < -0.39 is 0 Å². The summed E-state index contributed by atoms with van der Waals surface area (Å²) in [5.41, 5.74) is 2.20. The predicted molar refractivity (Wildman–Crippen MR) is 71.2 cm³/mol. The van der Waals surface area contributed by atoms with Crippen LogP contribution in [0.1, 0.15) is 5.82 Å². The summed E-state index contributed by atoms with van der Waals surface area (Å²) in [5, 5.41) is 3.83. The summed E-state index contributed by atoms with van der Waals surface area (Å²) in [6.45, 7) is 1.83. The van der Waals surface area contributed by atoms with E-state index in [2.05, 4.69) is 25.3 Å². The van der Waals surface area contributed by atoms with Gasteiger partial charge < -0.3 is 10.3 Å². The first-order chi connectivity index (χ1) is 8.74. The predicted octanol–water partition coefficient (Wildman–Crippen LogP) is 3.06. The summed E-state index contributed by atoms with van der Waals surface area (Å²) in [6.07, 6.45) is 1.59. The average molecular weight is 260 g/mol. The van der Waals surface area contributed by atoms with Gasteiger partial charge in [0.05, 0.1) is 17.0 Å². The van der Waals surface area contributed by atoms with Crippen LogP contribution in [0.4, 0.5) is 11.5 Å². The summed E-state index contributed by atoms with van der Waals surface area (Å²) < 4.78 is 0. The van der Waals surface area contributed by atoms with Gasteiger partial charge in [-0.1, -0.05) is 23.7 Å². The summed E-state index contributed by atoms with van der Waals surface area (Å²) in [7, 11) is 0. The number of para-hydroxylation sites is 1. The Morgan fingerprint density at radius 2 is 2.06 bits per heavy atom. The van der Waals surface area contributed by atoms with Crippen molar-refractivity contribution in [2.24, 2.45) is 0 Å². The van der Waals surface area contributed by atoms with Gasteiger partial charge in [-0.25, -0.2) is 15.0 Å². The molecule has 0 atom stereocenters. The summed E-state index contributed by atoms with van der Waals surface area (Å²) in [6, 6.07) is 7.50. The zero-order valence-corrected chi connectivity index (χ0v) is 10.4. The molecule has 0 aliphatic rings. The van der Waals surface area contributed by atoms with Gasteiger partial charge in [-0.05, 0) is 19.1 Å². The molecule has 6 heteroatoms. The number of aromatic amines is 1. The van der Waals surface area contributed by atoms with Gasteiger partial charge >= 0.3 is 0 Å². The van der Waals surface area contributed by atoms with Crippen LogP contribution < -0.4 is 5.32 Å². The molecule has 0 radical (unpaired) electrons. The standard InChI is InChI=1S/C12H10ClN5/c1-7-16-11-10(14-6-15-11)12(17-7)18-9-5-3-2-4-8(9)13/h2-6H,1H3,(H2,14,15,16,17,18). The number of hydrogen-bond acceptors (Lipinski definition) is 4. The maximum absolute atomic E-state index is 6.11. The second-order valence-corrected chi connectivity index (χ2v) is 4.23. The molecular weight excluding hydrogens is 250 g/mol. The Hall–Kier alpha value is -2.14. The first-order valence-corrected chi connectivity index (χ1v) is 5.81. The Morgan fingerprint density at radius 1 is 1.22 bits per heavy atom. The van der Waals surface area contributed by atoms with Gasteiger partial charge in [0.15, 0.2) is 11.5 Å². The third kappa shape index (κ3) is 1.89. The highest BCUT2D eigenvalue weighted by atomic mass is 35.5. The van der Waals surface area contributed by atoms with Gasteiger partial charge in [0.2, 0.25) is 0 Å². The Morgan fingerprint density at radius 3 is 2.89 bits per heavy atom. The lowest BCUT2D eigenvalue weighted by Crippen LogP contribution is -1.99. The van der Waals surface area contributed by atoms with Crippen LogP contribution in [0.3, 0.4) is 0 Å². The van der Waals surface area contributed by atoms with Crippen LogP contribution in [-0.4, -0.2) is 19.9 Å². The van der Waals surface area contributed by atoms with Crippen molar-refractivity contribution in [2.45, 2.75) is 6.92 Å². The van der Waals surface area contributed by atoms with E-state index >= 15 is 0 Å². The van der Waals surface area contributed by atoms with E-state index in [1.165, 1.54) is 0 Å². The zero-order chi connectivity index (χ0) is 12.5. The zero-order valence-electron chi connectivity index (χ0n) is 9.61. The fourth-order valence-corrected chi connectivity index (χ4v) is 1.91. The van der Waals surface area contributed by atoms with E-state index in [1.807, 2.05) is 31.2 Å². The second kappa shape index (κ2) is 4.27. The smallest absolute Gasteiger partial charge is 0.183 e. The van der Waals surface area contributed by atoms with E-state index in [9.17, 15) is 0 Å². The molecule has 0 aliphatic heterocycles. The molecule has 0 amide bonds. The van der Waals surface area contributed by atoms with Crippen LogP contribution in [0.25, 0.3) is 11.2 Å². The number of fused-ring (bicyclic) bond motifs is 1. The van der Waals surface area contributed by atoms with Crippen LogP contribution in [0.2, 0.25) is 5.02 Å². The lowest BCUT2D eigenvalue weighted by Gasteiger charge is -2.08. The quantitative estimate of drug-likeness (QED) is 0.742. The van der Waals surface area contributed by atoms with Crippen molar-refractivity contribution in [3.05, 3.63) is 41.4 Å². The van der Waals surface area contributed by atoms with E-state index in [-0.39, 0.29) is 0 Å². The van der Waals surface area contributed by atoms with Crippen LogP contribution >= 0.6 is 11.6 Å². The van der Waals surface area contributed by atoms with Crippen LogP contribution in [0, 0.1) is 6.92 Å². The number of aromatic nitrogens is 4. The van der Waals surface area contributed by atoms with Crippen molar-refractivity contribution in [1.29, 1.82) is 0 Å². The Labute approximate surface area is 108 Å². The summed E-state index contributed by atoms with van der Waals surface area (Å²) in [5.74, 6) is 1.33. The number of anilines is 2. The first kappa shape index (κ1) is 11.0. The SMILES string of the molecule is Cc1nc(Nc2ccccc2Cl)c2[nH]cnc2n1. The molecule has 2 heterocycles. The van der Waals surface area contributed by atoms with E-state index in [0.29, 0.717) is 22.3 Å². The normalized spacial score (nSPS) is 10.8. The van der Waals surface area contributed by atoms with Crippen molar-refractivity contribution in [2.75, 3.05) is 5.32 Å². The number of nitrogens with zero attached hydrogens (tertiary/aromatic N) is 3. The highest BCUT2D eigenvalue weighted by molar-refractivity contribution is 6.33. The molecular formula is C12H10ClN5. The van der Waals surface area contributed by atoms with E-state index in [0.717, 1.165) is 11.2 Å². The van der Waals surface area contributed by atoms with Crippen molar-refractivity contribution in [1.82, 2.24) is 19.9 Å². The third-order valence-corrected chi connectivity index (χ3v) is 2.85. The van der Waals surface area contributed by atoms with Gasteiger partial charge in [-0.3, -0.25) is 0 Å². The molecule has 0 saturated heterocycles. The molecule has 0 spiro atoms. The summed E-state index contributed by atoms with van der Waals surface area (Å²) in [4.78, 5) is 15.7. The number of aryl methyl sites for hydroxylation is 1. The van der Waals surface area contributed by atoms with E-state index in [4.69, 9.17) is 11.6 Å². The Balaban J connectivity index is 2.10. The fourth-order valence-electron chi connectivity index (χ4n) is 1.72. The maximum atomic E-state index is 6.11. The van der Waals surface area contributed by atoms with Crippen LogP contribution in [0.15, 0.2) is 30.6 Å². The molecule has 3 rings (SSSR count). The Kier molecular flexibility index (Phi) is 2.60. The maximum Gasteiger partial charge on any atom is 0.183 e. The third-order valence-electron chi connectivity index (χ3n) is 2.52. The molecule has 0 bridgehead atoms. The number of nitrogens with one attached hydrogen (secondary N) is 2. The highest BCUT2D eigenvalue weighted by Gasteiger charge is 2.09. The minimum Gasteiger partial charge on any atom is -0.340 e. The molecule has 0 saturated carbocycles. The molecule has 18 heavy (non-hydrogen) atoms. The van der Waals surface area contributed by atoms with Crippen LogP contribution in [-0.2, 0) is 0 Å². The van der Waals surface area contributed by atoms with Gasteiger partial charge in [-0.2, -0.15) is 0 Å². The number of rotatable bonds is 2. The minimum atomic E-state index is 0.636. The second-order valence-electron chi connectivity index (χ2n) is 3.83. The molecule has 2 N–H and O–H groups in total. The number of benzene rings is 1. The van der Waals surface area contributed by atoms with Gasteiger partial charge in [0, 0.05) is 0 Å². The average Bonchev–Trinajstić information content (AvgIpc) is 2.80. The largest absolute Gasteiger partial charge is 0.340 e. The van der Waals surface area contributed by atoms with E-state index in [1.54, 1.807) is 6.33 Å². The van der Waals surface area contributed by atoms with Crippen LogP contribution in [0.5, 0.6) is 0 Å². The first-order valence-electron chi connectivity index (χ1n) is 5.43. The lowest BCUT2D eigenvalue weighted by molar-refractivity contribution is 1.08. The fraction of sp³-hybridized carbons (Fsp3) is 0.0833. The van der Waals surface area contributed by atoms with Crippen molar-refractivity contribution in [3.8, 4) is 0 Å². The lowest BCUT2D eigenvalue weighted by atomic mass is 10.3. The topological polar surface area (TPSA) is 66.5 Å². The molecule has 0 fully saturated rings. The number of halogens is 1. The van der Waals surface area contributed by atoms with Crippen molar-refractivity contribution in [3.63, 3.8) is 0 Å². The molecule has 90 valence electrons. The number of imidazole rings is 1. The van der Waals surface area contributed by atoms with Crippen molar-refractivity contribution < 1.29 is 0 Å². The minimum absolute atomic E-state index is 0.636. The molecule has 1 aromatic carbocycles. The molecule has 3 aromatic rings. The number of H-pyrrole nitrogens is 1. The monoisotopic (exact) mass is 259 g/mol. The Bertz CT molecular complexity index is 707. The van der Waals surface area contributed by atoms with Gasteiger partial charge in [0.1, 0.15) is 11.3 Å². The molecule has 2 aromatic heterocycles. The van der Waals surface area contributed by atoms with Crippen molar-refractivity contribution >= 4 is 34.3 Å². The highest BCUT2D eigenvalue weighted by Crippen LogP contribution is 2.26.